The van der Waals surface area contributed by atoms with E-state index in [9.17, 15) is 9.59 Å². The molecule has 5 nitrogen and oxygen atoms in total. The molecule has 1 aromatic carbocycles. The topological polar surface area (TPSA) is 43.9 Å². The molecule has 1 fully saturated rings. The Labute approximate surface area is 166 Å². The third-order valence-electron chi connectivity index (χ3n) is 5.97. The largest absolute Gasteiger partial charge is 0.369 e. The molecule has 0 N–H and O–H groups in total. The van der Waals surface area contributed by atoms with Gasteiger partial charge < -0.3 is 4.90 Å². The summed E-state index contributed by atoms with van der Waals surface area (Å²) >= 11 is 5.16. The molecular weight excluding hydrogens is 358 g/mol. The Morgan fingerprint density at radius 1 is 1.11 bits per heavy atom. The van der Waals surface area contributed by atoms with Crippen molar-refractivity contribution >= 4 is 40.9 Å². The van der Waals surface area contributed by atoms with Crippen LogP contribution >= 0.6 is 12.2 Å². The van der Waals surface area contributed by atoms with Gasteiger partial charge in [-0.1, -0.05) is 6.92 Å². The summed E-state index contributed by atoms with van der Waals surface area (Å²) in [6.07, 6.45) is 2.76. The Hall–Kier alpha value is -2.21. The molecule has 3 rings (SSSR count). The average Bonchev–Trinajstić information content (AvgIpc) is 2.60. The van der Waals surface area contributed by atoms with E-state index >= 15 is 0 Å². The summed E-state index contributed by atoms with van der Waals surface area (Å²) in [5, 5.41) is 0.224. The highest BCUT2D eigenvalue weighted by Crippen LogP contribution is 2.43. The number of carbonyl (C=O) groups excluding carboxylic acids is 2. The third-order valence-corrected chi connectivity index (χ3v) is 6.51. The molecule has 0 saturated carbocycles. The maximum absolute atomic E-state index is 12.6. The van der Waals surface area contributed by atoms with E-state index in [4.69, 9.17) is 12.2 Å². The average molecular weight is 386 g/mol. The SMILES string of the molecule is Cc1cc2c(cc1C=C1C(=O)N(C)C(=S)N(C)C1=O)C(C)CC(C)(C)N2C. The Balaban J connectivity index is 2.10. The van der Waals surface area contributed by atoms with Gasteiger partial charge in [-0.25, -0.2) is 0 Å². The van der Waals surface area contributed by atoms with Crippen molar-refractivity contribution in [1.29, 1.82) is 0 Å². The van der Waals surface area contributed by atoms with Crippen LogP contribution in [0.25, 0.3) is 6.08 Å². The molecule has 6 heteroatoms. The van der Waals surface area contributed by atoms with E-state index in [0.29, 0.717) is 5.92 Å². The molecule has 144 valence electrons. The molecule has 2 aliphatic rings. The number of carbonyl (C=O) groups is 2. The van der Waals surface area contributed by atoms with Gasteiger partial charge >= 0.3 is 0 Å². The van der Waals surface area contributed by atoms with Gasteiger partial charge in [0.25, 0.3) is 11.8 Å². The van der Waals surface area contributed by atoms with E-state index < -0.39 is 0 Å². The van der Waals surface area contributed by atoms with E-state index in [-0.39, 0.29) is 28.0 Å². The summed E-state index contributed by atoms with van der Waals surface area (Å²) in [5.74, 6) is -0.308. The lowest BCUT2D eigenvalue weighted by atomic mass is 9.79. The van der Waals surface area contributed by atoms with Gasteiger partial charge in [0.2, 0.25) is 0 Å². The second-order valence-corrected chi connectivity index (χ2v) is 8.68. The van der Waals surface area contributed by atoms with Gasteiger partial charge in [-0.2, -0.15) is 0 Å². The summed E-state index contributed by atoms with van der Waals surface area (Å²) in [6, 6.07) is 4.29. The molecular formula is C21H27N3O2S. The summed E-state index contributed by atoms with van der Waals surface area (Å²) in [5.41, 5.74) is 4.65. The number of rotatable bonds is 1. The monoisotopic (exact) mass is 385 g/mol. The van der Waals surface area contributed by atoms with Crippen molar-refractivity contribution in [2.24, 2.45) is 0 Å². The van der Waals surface area contributed by atoms with Crippen molar-refractivity contribution in [2.45, 2.75) is 45.6 Å². The number of fused-ring (bicyclic) bond motifs is 1. The zero-order chi connectivity index (χ0) is 20.3. The molecule has 1 saturated heterocycles. The number of likely N-dealkylation sites (N-methyl/N-ethyl adjacent to an activating group) is 2. The van der Waals surface area contributed by atoms with E-state index in [1.54, 1.807) is 20.2 Å². The summed E-state index contributed by atoms with van der Waals surface area (Å²) in [6.45, 7) is 8.76. The number of benzene rings is 1. The molecule has 0 spiro atoms. The van der Waals surface area contributed by atoms with Crippen molar-refractivity contribution in [3.05, 3.63) is 34.4 Å². The minimum Gasteiger partial charge on any atom is -0.369 e. The first-order valence-corrected chi connectivity index (χ1v) is 9.56. The predicted molar refractivity (Wildman–Crippen MR) is 113 cm³/mol. The summed E-state index contributed by atoms with van der Waals surface area (Å²) < 4.78 is 0. The molecule has 27 heavy (non-hydrogen) atoms. The van der Waals surface area contributed by atoms with Crippen LogP contribution in [-0.4, -0.2) is 53.4 Å². The lowest BCUT2D eigenvalue weighted by Crippen LogP contribution is -2.52. The minimum atomic E-state index is -0.355. The predicted octanol–water partition coefficient (Wildman–Crippen LogP) is 3.32. The lowest BCUT2D eigenvalue weighted by molar-refractivity contribution is -0.132. The van der Waals surface area contributed by atoms with Crippen molar-refractivity contribution in [1.82, 2.24) is 9.80 Å². The number of aryl methyl sites for hydroxylation is 1. The highest BCUT2D eigenvalue weighted by atomic mass is 32.1. The van der Waals surface area contributed by atoms with Crippen LogP contribution in [0, 0.1) is 6.92 Å². The molecule has 0 aliphatic carbocycles. The zero-order valence-electron chi connectivity index (χ0n) is 17.1. The van der Waals surface area contributed by atoms with Crippen LogP contribution in [0.4, 0.5) is 5.69 Å². The number of thiocarbonyl (C=S) groups is 1. The van der Waals surface area contributed by atoms with Crippen LogP contribution in [0.5, 0.6) is 0 Å². The maximum Gasteiger partial charge on any atom is 0.265 e. The first-order valence-electron chi connectivity index (χ1n) is 9.16. The van der Waals surface area contributed by atoms with Gasteiger partial charge in [-0.05, 0) is 80.2 Å². The Morgan fingerprint density at radius 3 is 2.22 bits per heavy atom. The maximum atomic E-state index is 12.6. The number of hydrogen-bond acceptors (Lipinski definition) is 4. The Kier molecular flexibility index (Phi) is 4.67. The molecule has 1 unspecified atom stereocenters. The van der Waals surface area contributed by atoms with Crippen LogP contribution < -0.4 is 4.90 Å². The van der Waals surface area contributed by atoms with Crippen LogP contribution in [0.2, 0.25) is 0 Å². The van der Waals surface area contributed by atoms with Crippen molar-refractivity contribution in [2.75, 3.05) is 26.0 Å². The first-order chi connectivity index (χ1) is 12.5. The standard InChI is InChI=1S/C21H27N3O2S/c1-12-8-17-15(13(2)11-21(3,4)24(17)7)9-14(12)10-16-18(25)22(5)20(27)23(6)19(16)26/h8-10,13H,11H2,1-7H3. The number of nitrogens with zero attached hydrogens (tertiary/aromatic N) is 3. The van der Waals surface area contributed by atoms with E-state index in [1.807, 2.05) is 6.92 Å². The molecule has 0 aromatic heterocycles. The molecule has 0 radical (unpaired) electrons. The number of amides is 2. The summed E-state index contributed by atoms with van der Waals surface area (Å²) in [7, 11) is 5.32. The normalized spacial score (nSPS) is 22.3. The van der Waals surface area contributed by atoms with Crippen molar-refractivity contribution in [3.63, 3.8) is 0 Å². The van der Waals surface area contributed by atoms with Gasteiger partial charge in [-0.3, -0.25) is 19.4 Å². The van der Waals surface area contributed by atoms with Crippen LogP contribution in [0.1, 0.15) is 49.8 Å². The van der Waals surface area contributed by atoms with Crippen LogP contribution in [-0.2, 0) is 9.59 Å². The van der Waals surface area contributed by atoms with Crippen LogP contribution in [0.3, 0.4) is 0 Å². The van der Waals surface area contributed by atoms with Gasteiger partial charge in [0.1, 0.15) is 5.57 Å². The Bertz CT molecular complexity index is 862. The second-order valence-electron chi connectivity index (χ2n) is 8.31. The molecule has 2 aliphatic heterocycles. The second kappa shape index (κ2) is 6.44. The smallest absolute Gasteiger partial charge is 0.265 e. The fourth-order valence-corrected chi connectivity index (χ4v) is 4.19. The van der Waals surface area contributed by atoms with Gasteiger partial charge in [0, 0.05) is 32.4 Å². The molecule has 0 bridgehead atoms. The van der Waals surface area contributed by atoms with E-state index in [0.717, 1.165) is 17.5 Å². The van der Waals surface area contributed by atoms with E-state index in [2.05, 4.69) is 44.9 Å². The van der Waals surface area contributed by atoms with Crippen LogP contribution in [0.15, 0.2) is 17.7 Å². The molecule has 1 aromatic rings. The number of hydrogen-bond donors (Lipinski definition) is 0. The minimum absolute atomic E-state index is 0.0925. The zero-order valence-corrected chi connectivity index (χ0v) is 17.9. The van der Waals surface area contributed by atoms with E-state index in [1.165, 1.54) is 21.1 Å². The van der Waals surface area contributed by atoms with Crippen molar-refractivity contribution in [3.8, 4) is 0 Å². The molecule has 2 heterocycles. The fourth-order valence-electron chi connectivity index (χ4n) is 4.02. The first kappa shape index (κ1) is 19.5. The molecule has 2 amide bonds. The fraction of sp³-hybridized carbons (Fsp3) is 0.476. The Morgan fingerprint density at radius 2 is 1.67 bits per heavy atom. The quantitative estimate of drug-likeness (QED) is 0.423. The summed E-state index contributed by atoms with van der Waals surface area (Å²) in [4.78, 5) is 30.2. The third kappa shape index (κ3) is 3.06. The number of anilines is 1. The molecule has 1 atom stereocenters. The van der Waals surface area contributed by atoms with Crippen molar-refractivity contribution < 1.29 is 9.59 Å². The lowest BCUT2D eigenvalue weighted by Gasteiger charge is -2.45. The van der Waals surface area contributed by atoms with Gasteiger partial charge in [0.05, 0.1) is 0 Å². The highest BCUT2D eigenvalue weighted by Gasteiger charge is 2.37. The van der Waals surface area contributed by atoms with Gasteiger partial charge in [-0.15, -0.1) is 0 Å². The highest BCUT2D eigenvalue weighted by molar-refractivity contribution is 7.80. The van der Waals surface area contributed by atoms with Gasteiger partial charge in [0.15, 0.2) is 5.11 Å².